The van der Waals surface area contributed by atoms with E-state index in [1.807, 2.05) is 37.3 Å². The summed E-state index contributed by atoms with van der Waals surface area (Å²) in [5.74, 6) is -1.51. The molecule has 0 aliphatic carbocycles. The van der Waals surface area contributed by atoms with Crippen molar-refractivity contribution in [3.05, 3.63) is 64.9 Å². The van der Waals surface area contributed by atoms with Crippen LogP contribution in [0.5, 0.6) is 0 Å². The monoisotopic (exact) mass is 349 g/mol. The van der Waals surface area contributed by atoms with Crippen LogP contribution in [0.15, 0.2) is 48.5 Å². The second-order valence-corrected chi connectivity index (χ2v) is 5.76. The van der Waals surface area contributed by atoms with Crippen LogP contribution in [0.1, 0.15) is 24.8 Å². The molecular formula is C18H17ClFNO3. The molecule has 4 nitrogen and oxygen atoms in total. The smallest absolute Gasteiger partial charge is 0.306 e. The maximum atomic E-state index is 12.9. The molecule has 2 rings (SSSR count). The van der Waals surface area contributed by atoms with Crippen molar-refractivity contribution in [2.24, 2.45) is 0 Å². The third-order valence-corrected chi connectivity index (χ3v) is 3.72. The number of esters is 1. The third-order valence-electron chi connectivity index (χ3n) is 3.41. The SMILES string of the molecule is C[C@H](CC(=O)OCC(=O)Nc1ccc(F)cc1Cl)c1ccccc1. The molecule has 0 saturated carbocycles. The van der Waals surface area contributed by atoms with Gasteiger partial charge in [0.1, 0.15) is 5.82 Å². The largest absolute Gasteiger partial charge is 0.456 e. The average molecular weight is 350 g/mol. The highest BCUT2D eigenvalue weighted by molar-refractivity contribution is 6.33. The van der Waals surface area contributed by atoms with Gasteiger partial charge < -0.3 is 10.1 Å². The zero-order chi connectivity index (χ0) is 17.5. The maximum Gasteiger partial charge on any atom is 0.306 e. The van der Waals surface area contributed by atoms with Gasteiger partial charge in [-0.15, -0.1) is 0 Å². The van der Waals surface area contributed by atoms with Crippen LogP contribution in [0, 0.1) is 5.82 Å². The topological polar surface area (TPSA) is 55.4 Å². The highest BCUT2D eigenvalue weighted by atomic mass is 35.5. The first-order valence-electron chi connectivity index (χ1n) is 7.41. The second-order valence-electron chi connectivity index (χ2n) is 5.35. The lowest BCUT2D eigenvalue weighted by molar-refractivity contribution is -0.147. The van der Waals surface area contributed by atoms with E-state index >= 15 is 0 Å². The summed E-state index contributed by atoms with van der Waals surface area (Å²) >= 11 is 5.81. The Morgan fingerprint density at radius 3 is 2.58 bits per heavy atom. The normalized spacial score (nSPS) is 11.6. The van der Waals surface area contributed by atoms with Gasteiger partial charge in [0.25, 0.3) is 5.91 Å². The van der Waals surface area contributed by atoms with Crippen molar-refractivity contribution in [3.63, 3.8) is 0 Å². The molecule has 24 heavy (non-hydrogen) atoms. The Hall–Kier alpha value is -2.40. The summed E-state index contributed by atoms with van der Waals surface area (Å²) in [7, 11) is 0. The number of hydrogen-bond acceptors (Lipinski definition) is 3. The number of amides is 1. The van der Waals surface area contributed by atoms with E-state index in [-0.39, 0.29) is 23.0 Å². The summed E-state index contributed by atoms with van der Waals surface area (Å²) in [5, 5.41) is 2.54. The van der Waals surface area contributed by atoms with Gasteiger partial charge in [-0.3, -0.25) is 9.59 Å². The van der Waals surface area contributed by atoms with Crippen LogP contribution in [-0.4, -0.2) is 18.5 Å². The van der Waals surface area contributed by atoms with Gasteiger partial charge in [-0.2, -0.15) is 0 Å². The van der Waals surface area contributed by atoms with Gasteiger partial charge in [0.05, 0.1) is 17.1 Å². The lowest BCUT2D eigenvalue weighted by Gasteiger charge is -2.12. The molecule has 126 valence electrons. The first kappa shape index (κ1) is 17.9. The molecular weight excluding hydrogens is 333 g/mol. The minimum absolute atomic E-state index is 0.00620. The number of carbonyl (C=O) groups excluding carboxylic acids is 2. The molecule has 0 saturated heterocycles. The summed E-state index contributed by atoms with van der Waals surface area (Å²) in [6.07, 6.45) is 0.175. The predicted molar refractivity (Wildman–Crippen MR) is 90.5 cm³/mol. The Kier molecular flexibility index (Phi) is 6.32. The zero-order valence-electron chi connectivity index (χ0n) is 13.1. The molecule has 0 heterocycles. The van der Waals surface area contributed by atoms with Gasteiger partial charge >= 0.3 is 5.97 Å². The van der Waals surface area contributed by atoms with Crippen LogP contribution in [0.2, 0.25) is 5.02 Å². The number of anilines is 1. The zero-order valence-corrected chi connectivity index (χ0v) is 13.8. The molecule has 0 bridgehead atoms. The van der Waals surface area contributed by atoms with Crippen molar-refractivity contribution >= 4 is 29.2 Å². The highest BCUT2D eigenvalue weighted by Gasteiger charge is 2.14. The minimum atomic E-state index is -0.538. The Morgan fingerprint density at radius 1 is 1.21 bits per heavy atom. The molecule has 0 aromatic heterocycles. The van der Waals surface area contributed by atoms with Crippen LogP contribution < -0.4 is 5.32 Å². The lowest BCUT2D eigenvalue weighted by Crippen LogP contribution is -2.21. The maximum absolute atomic E-state index is 12.9. The Morgan fingerprint density at radius 2 is 1.92 bits per heavy atom. The van der Waals surface area contributed by atoms with Gasteiger partial charge in [0.15, 0.2) is 6.61 Å². The fourth-order valence-electron chi connectivity index (χ4n) is 2.13. The molecule has 2 aromatic carbocycles. The molecule has 0 aliphatic heterocycles. The first-order chi connectivity index (χ1) is 11.5. The van der Waals surface area contributed by atoms with Crippen LogP contribution in [0.3, 0.4) is 0 Å². The van der Waals surface area contributed by atoms with Gasteiger partial charge in [-0.1, -0.05) is 48.9 Å². The number of rotatable bonds is 6. The third kappa shape index (κ3) is 5.35. The van der Waals surface area contributed by atoms with E-state index in [1.54, 1.807) is 0 Å². The fraction of sp³-hybridized carbons (Fsp3) is 0.222. The summed E-state index contributed by atoms with van der Waals surface area (Å²) in [4.78, 5) is 23.6. The molecule has 2 aromatic rings. The summed E-state index contributed by atoms with van der Waals surface area (Å²) in [6.45, 7) is 1.49. The number of hydrogen-bond donors (Lipinski definition) is 1. The van der Waals surface area contributed by atoms with E-state index in [0.717, 1.165) is 11.6 Å². The summed E-state index contributed by atoms with van der Waals surface area (Å²) in [6, 6.07) is 13.2. The lowest BCUT2D eigenvalue weighted by atomic mass is 9.98. The van der Waals surface area contributed by atoms with Crippen molar-refractivity contribution in [2.45, 2.75) is 19.3 Å². The van der Waals surface area contributed by atoms with Crippen molar-refractivity contribution in [1.29, 1.82) is 0 Å². The van der Waals surface area contributed by atoms with Crippen molar-refractivity contribution in [1.82, 2.24) is 0 Å². The van der Waals surface area contributed by atoms with E-state index in [2.05, 4.69) is 5.32 Å². The van der Waals surface area contributed by atoms with Crippen LogP contribution in [0.25, 0.3) is 0 Å². The van der Waals surface area contributed by atoms with Gasteiger partial charge in [-0.25, -0.2) is 4.39 Å². The van der Waals surface area contributed by atoms with E-state index < -0.39 is 24.3 Å². The second kappa shape index (κ2) is 8.45. The first-order valence-corrected chi connectivity index (χ1v) is 7.79. The number of nitrogens with one attached hydrogen (secondary N) is 1. The Bertz CT molecular complexity index is 721. The Balaban J connectivity index is 1.80. The minimum Gasteiger partial charge on any atom is -0.456 e. The quantitative estimate of drug-likeness (QED) is 0.797. The molecule has 0 spiro atoms. The van der Waals surface area contributed by atoms with Gasteiger partial charge in [0.2, 0.25) is 0 Å². The van der Waals surface area contributed by atoms with Crippen molar-refractivity contribution in [2.75, 3.05) is 11.9 Å². The highest BCUT2D eigenvalue weighted by Crippen LogP contribution is 2.22. The van der Waals surface area contributed by atoms with Crippen LogP contribution in [-0.2, 0) is 14.3 Å². The number of carbonyl (C=O) groups is 2. The molecule has 0 unspecified atom stereocenters. The van der Waals surface area contributed by atoms with Gasteiger partial charge in [0, 0.05) is 0 Å². The van der Waals surface area contributed by atoms with E-state index in [1.165, 1.54) is 12.1 Å². The summed E-state index contributed by atoms with van der Waals surface area (Å²) < 4.78 is 17.9. The van der Waals surface area contributed by atoms with Crippen molar-refractivity contribution < 1.29 is 18.7 Å². The summed E-state index contributed by atoms with van der Waals surface area (Å²) in [5.41, 5.74) is 1.29. The molecule has 6 heteroatoms. The van der Waals surface area contributed by atoms with Crippen LogP contribution in [0.4, 0.5) is 10.1 Å². The van der Waals surface area contributed by atoms with E-state index in [4.69, 9.17) is 16.3 Å². The average Bonchev–Trinajstić information content (AvgIpc) is 2.56. The molecule has 0 aliphatic rings. The Labute approximate surface area is 144 Å². The molecule has 1 atom stereocenters. The molecule has 1 amide bonds. The number of ether oxygens (including phenoxy) is 1. The molecule has 1 N–H and O–H groups in total. The number of halogens is 2. The molecule has 0 radical (unpaired) electrons. The van der Waals surface area contributed by atoms with Crippen molar-refractivity contribution in [3.8, 4) is 0 Å². The molecule has 0 fully saturated rings. The standard InChI is InChI=1S/C18H17ClFNO3/c1-12(13-5-3-2-4-6-13)9-18(23)24-11-17(22)21-16-8-7-14(20)10-15(16)19/h2-8,10,12H,9,11H2,1H3,(H,21,22)/t12-/m1/s1. The van der Waals surface area contributed by atoms with E-state index in [9.17, 15) is 14.0 Å². The van der Waals surface area contributed by atoms with E-state index in [0.29, 0.717) is 0 Å². The predicted octanol–water partition coefficient (Wildman–Crippen LogP) is 4.15. The van der Waals surface area contributed by atoms with Crippen LogP contribution >= 0.6 is 11.6 Å². The van der Waals surface area contributed by atoms with Gasteiger partial charge in [-0.05, 0) is 29.7 Å². The number of benzene rings is 2. The fourth-order valence-corrected chi connectivity index (χ4v) is 2.35.